The highest BCUT2D eigenvalue weighted by Gasteiger charge is 2.02. The van der Waals surface area contributed by atoms with Crippen molar-refractivity contribution < 1.29 is 4.79 Å². The molecule has 4 heteroatoms. The molecule has 0 saturated heterocycles. The van der Waals surface area contributed by atoms with E-state index < -0.39 is 0 Å². The maximum atomic E-state index is 12.0. The smallest absolute Gasteiger partial charge is 0.187 e. The Bertz CT molecular complexity index is 663. The summed E-state index contributed by atoms with van der Waals surface area (Å²) in [6, 6.07) is 12.7. The molecule has 1 N–H and O–H groups in total. The second-order valence-electron chi connectivity index (χ2n) is 4.52. The SMILES string of the molecule is CCc1ccc(C(=O)/C=C/Nc2cc(Cl)ccc2Cl)cc1. The van der Waals surface area contributed by atoms with Gasteiger partial charge in [-0.1, -0.05) is 54.4 Å². The van der Waals surface area contributed by atoms with Crippen molar-refractivity contribution in [2.75, 3.05) is 5.32 Å². The molecule has 0 bridgehead atoms. The quantitative estimate of drug-likeness (QED) is 0.593. The number of aryl methyl sites for hydroxylation is 1. The predicted molar refractivity (Wildman–Crippen MR) is 89.4 cm³/mol. The van der Waals surface area contributed by atoms with Crippen molar-refractivity contribution in [3.8, 4) is 0 Å². The molecular weight excluding hydrogens is 305 g/mol. The van der Waals surface area contributed by atoms with Gasteiger partial charge in [0.05, 0.1) is 10.7 Å². The lowest BCUT2D eigenvalue weighted by atomic mass is 10.1. The van der Waals surface area contributed by atoms with Crippen molar-refractivity contribution in [2.24, 2.45) is 0 Å². The number of nitrogens with one attached hydrogen (secondary N) is 1. The van der Waals surface area contributed by atoms with E-state index in [2.05, 4.69) is 12.2 Å². The first-order valence-corrected chi connectivity index (χ1v) is 7.37. The van der Waals surface area contributed by atoms with Crippen LogP contribution in [0.15, 0.2) is 54.7 Å². The van der Waals surface area contributed by atoms with Crippen LogP contribution in [0.25, 0.3) is 0 Å². The number of anilines is 1. The minimum absolute atomic E-state index is 0.0664. The Morgan fingerprint density at radius 3 is 2.52 bits per heavy atom. The normalized spacial score (nSPS) is 10.8. The van der Waals surface area contributed by atoms with Crippen molar-refractivity contribution >= 4 is 34.7 Å². The van der Waals surface area contributed by atoms with Crippen LogP contribution in [0, 0.1) is 0 Å². The molecule has 108 valence electrons. The average molecular weight is 320 g/mol. The van der Waals surface area contributed by atoms with E-state index in [9.17, 15) is 4.79 Å². The van der Waals surface area contributed by atoms with Crippen molar-refractivity contribution in [3.05, 3.63) is 75.9 Å². The first-order chi connectivity index (χ1) is 10.1. The van der Waals surface area contributed by atoms with Crippen LogP contribution in [0.3, 0.4) is 0 Å². The Morgan fingerprint density at radius 1 is 1.14 bits per heavy atom. The average Bonchev–Trinajstić information content (AvgIpc) is 2.50. The van der Waals surface area contributed by atoms with Gasteiger partial charge in [0.15, 0.2) is 5.78 Å². The largest absolute Gasteiger partial charge is 0.360 e. The molecule has 0 aliphatic carbocycles. The lowest BCUT2D eigenvalue weighted by Crippen LogP contribution is -1.97. The zero-order valence-electron chi connectivity index (χ0n) is 11.6. The summed E-state index contributed by atoms with van der Waals surface area (Å²) < 4.78 is 0. The maximum Gasteiger partial charge on any atom is 0.187 e. The predicted octanol–water partition coefficient (Wildman–Crippen LogP) is 5.36. The fourth-order valence-electron chi connectivity index (χ4n) is 1.82. The molecule has 2 aromatic carbocycles. The summed E-state index contributed by atoms with van der Waals surface area (Å²) >= 11 is 11.9. The van der Waals surface area contributed by atoms with Gasteiger partial charge in [-0.25, -0.2) is 0 Å². The van der Waals surface area contributed by atoms with E-state index in [1.807, 2.05) is 24.3 Å². The first-order valence-electron chi connectivity index (χ1n) is 6.61. The van der Waals surface area contributed by atoms with Crippen LogP contribution in [0.4, 0.5) is 5.69 Å². The van der Waals surface area contributed by atoms with E-state index in [4.69, 9.17) is 23.2 Å². The van der Waals surface area contributed by atoms with Crippen LogP contribution in [0.5, 0.6) is 0 Å². The van der Waals surface area contributed by atoms with Crippen LogP contribution in [-0.2, 0) is 6.42 Å². The number of ketones is 1. The zero-order chi connectivity index (χ0) is 15.2. The number of benzene rings is 2. The minimum Gasteiger partial charge on any atom is -0.360 e. The molecule has 0 aliphatic heterocycles. The molecule has 0 atom stereocenters. The Kier molecular flexibility index (Phi) is 5.43. The van der Waals surface area contributed by atoms with E-state index in [1.165, 1.54) is 11.6 Å². The van der Waals surface area contributed by atoms with Gasteiger partial charge in [-0.05, 0) is 30.2 Å². The molecule has 2 rings (SSSR count). The maximum absolute atomic E-state index is 12.0. The summed E-state index contributed by atoms with van der Waals surface area (Å²) in [6.07, 6.45) is 3.99. The molecule has 0 aromatic heterocycles. The molecule has 2 nitrogen and oxygen atoms in total. The summed E-state index contributed by atoms with van der Waals surface area (Å²) in [5.74, 6) is -0.0664. The standard InChI is InChI=1S/C17H15Cl2NO/c1-2-12-3-5-13(6-4-12)17(21)9-10-20-16-11-14(18)7-8-15(16)19/h3-11,20H,2H2,1H3/b10-9+. The number of halogens is 2. The number of carbonyl (C=O) groups is 1. The monoisotopic (exact) mass is 319 g/mol. The second kappa shape index (κ2) is 7.30. The molecule has 0 saturated carbocycles. The van der Waals surface area contributed by atoms with Crippen LogP contribution in [-0.4, -0.2) is 5.78 Å². The molecule has 0 radical (unpaired) electrons. The van der Waals surface area contributed by atoms with Gasteiger partial charge in [-0.2, -0.15) is 0 Å². The Morgan fingerprint density at radius 2 is 1.86 bits per heavy atom. The topological polar surface area (TPSA) is 29.1 Å². The Hall–Kier alpha value is -1.77. The minimum atomic E-state index is -0.0664. The number of allylic oxidation sites excluding steroid dienone is 1. The van der Waals surface area contributed by atoms with Gasteiger partial charge in [-0.3, -0.25) is 4.79 Å². The number of hydrogen-bond acceptors (Lipinski definition) is 2. The lowest BCUT2D eigenvalue weighted by molar-refractivity contribution is 0.104. The second-order valence-corrected chi connectivity index (χ2v) is 5.36. The van der Waals surface area contributed by atoms with Crippen LogP contribution in [0.2, 0.25) is 10.0 Å². The van der Waals surface area contributed by atoms with Crippen molar-refractivity contribution in [1.82, 2.24) is 0 Å². The van der Waals surface area contributed by atoms with E-state index in [0.717, 1.165) is 6.42 Å². The molecule has 0 amide bonds. The number of carbonyl (C=O) groups excluding carboxylic acids is 1. The van der Waals surface area contributed by atoms with E-state index in [1.54, 1.807) is 24.4 Å². The van der Waals surface area contributed by atoms with Crippen LogP contribution < -0.4 is 5.32 Å². The number of hydrogen-bond donors (Lipinski definition) is 1. The summed E-state index contributed by atoms with van der Waals surface area (Å²) in [5.41, 5.74) is 2.52. The van der Waals surface area contributed by atoms with E-state index in [-0.39, 0.29) is 5.78 Å². The third kappa shape index (κ3) is 4.35. The van der Waals surface area contributed by atoms with E-state index >= 15 is 0 Å². The molecule has 0 aliphatic rings. The van der Waals surface area contributed by atoms with Gasteiger partial charge in [-0.15, -0.1) is 0 Å². The first kappa shape index (κ1) is 15.6. The van der Waals surface area contributed by atoms with Gasteiger partial charge >= 0.3 is 0 Å². The molecular formula is C17H15Cl2NO. The van der Waals surface area contributed by atoms with Gasteiger partial charge in [0.2, 0.25) is 0 Å². The number of rotatable bonds is 5. The summed E-state index contributed by atoms with van der Waals surface area (Å²) in [5, 5.41) is 4.08. The lowest BCUT2D eigenvalue weighted by Gasteiger charge is -2.04. The molecule has 0 spiro atoms. The van der Waals surface area contributed by atoms with Gasteiger partial charge < -0.3 is 5.32 Å². The third-order valence-electron chi connectivity index (χ3n) is 3.05. The Balaban J connectivity index is 2.03. The third-order valence-corrected chi connectivity index (χ3v) is 3.61. The summed E-state index contributed by atoms with van der Waals surface area (Å²) in [4.78, 5) is 12.0. The highest BCUT2D eigenvalue weighted by atomic mass is 35.5. The molecule has 0 fully saturated rings. The van der Waals surface area contributed by atoms with Gasteiger partial charge in [0.1, 0.15) is 0 Å². The van der Waals surface area contributed by atoms with Crippen molar-refractivity contribution in [1.29, 1.82) is 0 Å². The molecule has 0 heterocycles. The highest BCUT2D eigenvalue weighted by molar-refractivity contribution is 6.35. The summed E-state index contributed by atoms with van der Waals surface area (Å²) in [6.45, 7) is 2.08. The van der Waals surface area contributed by atoms with Crippen molar-refractivity contribution in [3.63, 3.8) is 0 Å². The zero-order valence-corrected chi connectivity index (χ0v) is 13.1. The van der Waals surface area contributed by atoms with Gasteiger partial charge in [0.25, 0.3) is 0 Å². The molecule has 0 unspecified atom stereocenters. The molecule has 2 aromatic rings. The highest BCUT2D eigenvalue weighted by Crippen LogP contribution is 2.25. The van der Waals surface area contributed by atoms with E-state index in [0.29, 0.717) is 21.3 Å². The summed E-state index contributed by atoms with van der Waals surface area (Å²) in [7, 11) is 0. The fraction of sp³-hybridized carbons (Fsp3) is 0.118. The van der Waals surface area contributed by atoms with Crippen molar-refractivity contribution in [2.45, 2.75) is 13.3 Å². The fourth-order valence-corrected chi connectivity index (χ4v) is 2.16. The Labute approximate surface area is 134 Å². The van der Waals surface area contributed by atoms with Crippen LogP contribution >= 0.6 is 23.2 Å². The van der Waals surface area contributed by atoms with Crippen LogP contribution in [0.1, 0.15) is 22.8 Å². The van der Waals surface area contributed by atoms with Gasteiger partial charge in [0, 0.05) is 22.9 Å². The molecule has 21 heavy (non-hydrogen) atoms.